The fourth-order valence-electron chi connectivity index (χ4n) is 2.12. The summed E-state index contributed by atoms with van der Waals surface area (Å²) >= 11 is 0. The number of pyridine rings is 1. The standard InChI is InChI=1S/C15H15N5O3/c1-19-13(11-5-2-3-7-16-11)18-20(15(19)22)9-8-17-14(21)12-6-4-10-23-12/h2-7,10H,8-9H2,1H3,(H,17,21). The zero-order chi connectivity index (χ0) is 16.2. The molecule has 1 N–H and O–H groups in total. The molecule has 0 unspecified atom stereocenters. The maximum Gasteiger partial charge on any atom is 0.346 e. The quantitative estimate of drug-likeness (QED) is 0.747. The summed E-state index contributed by atoms with van der Waals surface area (Å²) in [6.45, 7) is 0.518. The second-order valence-electron chi connectivity index (χ2n) is 4.84. The van der Waals surface area contributed by atoms with Crippen LogP contribution in [0.3, 0.4) is 0 Å². The van der Waals surface area contributed by atoms with Crippen molar-refractivity contribution in [3.05, 3.63) is 59.0 Å². The molecule has 118 valence electrons. The van der Waals surface area contributed by atoms with Crippen LogP contribution in [0.2, 0.25) is 0 Å². The van der Waals surface area contributed by atoms with Gasteiger partial charge in [-0.25, -0.2) is 9.48 Å². The van der Waals surface area contributed by atoms with Gasteiger partial charge in [0.25, 0.3) is 5.91 Å². The van der Waals surface area contributed by atoms with Crippen LogP contribution in [0, 0.1) is 0 Å². The van der Waals surface area contributed by atoms with E-state index in [-0.39, 0.29) is 30.4 Å². The van der Waals surface area contributed by atoms with Gasteiger partial charge in [0.15, 0.2) is 11.6 Å². The fraction of sp³-hybridized carbons (Fsp3) is 0.200. The number of carbonyl (C=O) groups excluding carboxylic acids is 1. The molecule has 0 aliphatic carbocycles. The molecule has 0 aromatic carbocycles. The van der Waals surface area contributed by atoms with E-state index in [9.17, 15) is 9.59 Å². The number of aromatic nitrogens is 4. The Bertz CT molecular complexity index is 849. The third kappa shape index (κ3) is 3.05. The van der Waals surface area contributed by atoms with Gasteiger partial charge in [0.1, 0.15) is 5.69 Å². The molecule has 3 aromatic heterocycles. The molecule has 0 bridgehead atoms. The zero-order valence-corrected chi connectivity index (χ0v) is 12.5. The summed E-state index contributed by atoms with van der Waals surface area (Å²) in [7, 11) is 1.64. The number of hydrogen-bond donors (Lipinski definition) is 1. The van der Waals surface area contributed by atoms with Crippen LogP contribution in [0.25, 0.3) is 11.5 Å². The molecule has 0 fully saturated rings. The first-order chi connectivity index (χ1) is 11.2. The predicted molar refractivity (Wildman–Crippen MR) is 81.7 cm³/mol. The van der Waals surface area contributed by atoms with Crippen molar-refractivity contribution in [2.45, 2.75) is 6.54 Å². The topological polar surface area (TPSA) is 95.0 Å². The Kier molecular flexibility index (Phi) is 4.05. The van der Waals surface area contributed by atoms with Gasteiger partial charge in [-0.2, -0.15) is 0 Å². The van der Waals surface area contributed by atoms with Crippen LogP contribution in [-0.2, 0) is 13.6 Å². The molecule has 3 heterocycles. The molecule has 0 radical (unpaired) electrons. The molecule has 0 spiro atoms. The Hall–Kier alpha value is -3.16. The maximum absolute atomic E-state index is 12.2. The number of amides is 1. The minimum atomic E-state index is -0.330. The zero-order valence-electron chi connectivity index (χ0n) is 12.5. The second-order valence-corrected chi connectivity index (χ2v) is 4.84. The maximum atomic E-state index is 12.2. The highest BCUT2D eigenvalue weighted by Crippen LogP contribution is 2.10. The van der Waals surface area contributed by atoms with Crippen molar-refractivity contribution in [1.29, 1.82) is 0 Å². The summed E-state index contributed by atoms with van der Waals surface area (Å²) in [5.41, 5.74) is 0.350. The smallest absolute Gasteiger partial charge is 0.346 e. The van der Waals surface area contributed by atoms with Gasteiger partial charge >= 0.3 is 5.69 Å². The minimum Gasteiger partial charge on any atom is -0.459 e. The number of furan rings is 1. The monoisotopic (exact) mass is 313 g/mol. The van der Waals surface area contributed by atoms with Gasteiger partial charge in [0.05, 0.1) is 12.8 Å². The average molecular weight is 313 g/mol. The first kappa shape index (κ1) is 14.8. The van der Waals surface area contributed by atoms with Crippen LogP contribution in [0.1, 0.15) is 10.6 Å². The Balaban J connectivity index is 1.69. The molecule has 1 amide bonds. The molecule has 0 aliphatic rings. The summed E-state index contributed by atoms with van der Waals surface area (Å²) in [5.74, 6) is 0.379. The number of nitrogens with one attached hydrogen (secondary N) is 1. The van der Waals surface area contributed by atoms with Gasteiger partial charge in [-0.15, -0.1) is 5.10 Å². The molecule has 23 heavy (non-hydrogen) atoms. The number of carbonyl (C=O) groups is 1. The van der Waals surface area contributed by atoms with Crippen molar-refractivity contribution in [3.63, 3.8) is 0 Å². The number of hydrogen-bond acceptors (Lipinski definition) is 5. The van der Waals surface area contributed by atoms with Crippen LogP contribution in [0.5, 0.6) is 0 Å². The van der Waals surface area contributed by atoms with Crippen LogP contribution in [0.15, 0.2) is 52.0 Å². The molecule has 3 aromatic rings. The van der Waals surface area contributed by atoms with Crippen LogP contribution in [0.4, 0.5) is 0 Å². The predicted octanol–water partition coefficient (Wildman–Crippen LogP) is 0.667. The SMILES string of the molecule is Cn1c(-c2ccccn2)nn(CCNC(=O)c2ccco2)c1=O. The Morgan fingerprint density at radius 3 is 2.87 bits per heavy atom. The van der Waals surface area contributed by atoms with E-state index in [1.165, 1.54) is 15.5 Å². The van der Waals surface area contributed by atoms with E-state index in [0.29, 0.717) is 11.5 Å². The molecule has 0 saturated carbocycles. The van der Waals surface area contributed by atoms with Crippen molar-refractivity contribution in [1.82, 2.24) is 24.6 Å². The van der Waals surface area contributed by atoms with E-state index in [4.69, 9.17) is 4.42 Å². The summed E-state index contributed by atoms with van der Waals surface area (Å²) in [5, 5.41) is 6.94. The van der Waals surface area contributed by atoms with Crippen molar-refractivity contribution < 1.29 is 9.21 Å². The minimum absolute atomic E-state index is 0.229. The van der Waals surface area contributed by atoms with E-state index in [1.807, 2.05) is 6.07 Å². The molecular weight excluding hydrogens is 298 g/mol. The Morgan fingerprint density at radius 2 is 2.17 bits per heavy atom. The van der Waals surface area contributed by atoms with Crippen molar-refractivity contribution in [2.75, 3.05) is 6.54 Å². The van der Waals surface area contributed by atoms with Gasteiger partial charge in [0, 0.05) is 19.8 Å². The van der Waals surface area contributed by atoms with Crippen LogP contribution in [-0.4, -0.2) is 31.8 Å². The lowest BCUT2D eigenvalue weighted by Crippen LogP contribution is -2.31. The molecule has 0 atom stereocenters. The molecule has 8 heteroatoms. The van der Waals surface area contributed by atoms with Gasteiger partial charge in [-0.05, 0) is 24.3 Å². The lowest BCUT2D eigenvalue weighted by molar-refractivity contribution is 0.0924. The third-order valence-electron chi connectivity index (χ3n) is 3.29. The molecule has 0 aliphatic heterocycles. The lowest BCUT2D eigenvalue weighted by atomic mass is 10.3. The Morgan fingerprint density at radius 1 is 1.30 bits per heavy atom. The van der Waals surface area contributed by atoms with Crippen molar-refractivity contribution in [2.24, 2.45) is 7.05 Å². The summed E-state index contributed by atoms with van der Waals surface area (Å²) in [4.78, 5) is 28.1. The highest BCUT2D eigenvalue weighted by atomic mass is 16.3. The summed E-state index contributed by atoms with van der Waals surface area (Å²) in [6, 6.07) is 8.61. The molecule has 8 nitrogen and oxygen atoms in total. The second kappa shape index (κ2) is 6.30. The summed E-state index contributed by atoms with van der Waals surface area (Å²) in [6.07, 6.45) is 3.07. The van der Waals surface area contributed by atoms with Gasteiger partial charge in [0.2, 0.25) is 0 Å². The first-order valence-corrected chi connectivity index (χ1v) is 7.04. The van der Waals surface area contributed by atoms with E-state index in [1.54, 1.807) is 37.5 Å². The largest absolute Gasteiger partial charge is 0.459 e. The van der Waals surface area contributed by atoms with E-state index in [2.05, 4.69) is 15.4 Å². The lowest BCUT2D eigenvalue weighted by Gasteiger charge is -2.02. The molecular formula is C15H15N5O3. The van der Waals surface area contributed by atoms with Crippen molar-refractivity contribution in [3.8, 4) is 11.5 Å². The number of nitrogens with zero attached hydrogens (tertiary/aromatic N) is 4. The number of rotatable bonds is 5. The van der Waals surface area contributed by atoms with Crippen LogP contribution >= 0.6 is 0 Å². The van der Waals surface area contributed by atoms with Gasteiger partial charge in [-0.3, -0.25) is 14.3 Å². The highest BCUT2D eigenvalue weighted by Gasteiger charge is 2.13. The van der Waals surface area contributed by atoms with E-state index in [0.717, 1.165) is 0 Å². The van der Waals surface area contributed by atoms with Crippen LogP contribution < -0.4 is 11.0 Å². The average Bonchev–Trinajstić information content (AvgIpc) is 3.20. The molecule has 0 saturated heterocycles. The molecule has 3 rings (SSSR count). The van der Waals surface area contributed by atoms with E-state index < -0.39 is 0 Å². The first-order valence-electron chi connectivity index (χ1n) is 7.04. The van der Waals surface area contributed by atoms with Gasteiger partial charge < -0.3 is 9.73 Å². The normalized spacial score (nSPS) is 10.7. The van der Waals surface area contributed by atoms with Crippen molar-refractivity contribution >= 4 is 5.91 Å². The summed E-state index contributed by atoms with van der Waals surface area (Å²) < 4.78 is 7.72. The third-order valence-corrected chi connectivity index (χ3v) is 3.29. The van der Waals surface area contributed by atoms with E-state index >= 15 is 0 Å². The fourth-order valence-corrected chi connectivity index (χ4v) is 2.12. The highest BCUT2D eigenvalue weighted by molar-refractivity contribution is 5.91. The Labute approximate surface area is 131 Å². The van der Waals surface area contributed by atoms with Gasteiger partial charge in [-0.1, -0.05) is 6.07 Å².